The molecular weight excluding hydrogens is 195 g/mol. The Morgan fingerprint density at radius 2 is 2.13 bits per heavy atom. The number of carbonyl (C=O) groups is 1. The monoisotopic (exact) mass is 210 g/mol. The van der Waals surface area contributed by atoms with Crippen molar-refractivity contribution in [1.82, 2.24) is 0 Å². The molecule has 0 bridgehead atoms. The molecule has 0 aromatic heterocycles. The number of hydrogen-bond donors (Lipinski definition) is 1. The van der Waals surface area contributed by atoms with Gasteiger partial charge in [0, 0.05) is 6.42 Å². The minimum atomic E-state index is -0.963. The summed E-state index contributed by atoms with van der Waals surface area (Å²) in [6, 6.07) is 6.13. The van der Waals surface area contributed by atoms with E-state index in [2.05, 4.69) is 0 Å². The molecule has 1 aromatic rings. The van der Waals surface area contributed by atoms with E-state index in [1.165, 1.54) is 6.07 Å². The summed E-state index contributed by atoms with van der Waals surface area (Å²) in [5.74, 6) is -0.712. The van der Waals surface area contributed by atoms with Gasteiger partial charge in [-0.15, -0.1) is 0 Å². The van der Waals surface area contributed by atoms with E-state index in [9.17, 15) is 14.3 Å². The minimum Gasteiger partial charge on any atom is -0.385 e. The van der Waals surface area contributed by atoms with E-state index in [0.29, 0.717) is 12.0 Å². The Kier molecular flexibility index (Phi) is 4.43. The maximum Gasteiger partial charge on any atom is 0.165 e. The molecule has 2 nitrogen and oxygen atoms in total. The Bertz CT molecular complexity index is 336. The summed E-state index contributed by atoms with van der Waals surface area (Å²) in [7, 11) is 0. The number of benzene rings is 1. The average Bonchev–Trinajstić information content (AvgIpc) is 2.21. The second kappa shape index (κ2) is 5.61. The van der Waals surface area contributed by atoms with Crippen LogP contribution in [0, 0.1) is 5.82 Å². The number of ketones is 1. The quantitative estimate of drug-likeness (QED) is 0.808. The van der Waals surface area contributed by atoms with E-state index in [1.54, 1.807) is 18.2 Å². The summed E-state index contributed by atoms with van der Waals surface area (Å²) in [4.78, 5) is 11.4. The molecular formula is C12H15FO2. The molecule has 0 saturated heterocycles. The topological polar surface area (TPSA) is 37.3 Å². The maximum absolute atomic E-state index is 13.2. The molecule has 1 rings (SSSR count). The highest BCUT2D eigenvalue weighted by atomic mass is 19.1. The summed E-state index contributed by atoms with van der Waals surface area (Å²) >= 11 is 0. The van der Waals surface area contributed by atoms with E-state index in [4.69, 9.17) is 0 Å². The van der Waals surface area contributed by atoms with E-state index in [1.807, 2.05) is 6.92 Å². The first-order chi connectivity index (χ1) is 7.15. The highest BCUT2D eigenvalue weighted by molar-refractivity contribution is 5.84. The summed E-state index contributed by atoms with van der Waals surface area (Å²) in [5.41, 5.74) is 0.345. The number of aliphatic hydroxyl groups is 1. The van der Waals surface area contributed by atoms with Crippen molar-refractivity contribution in [3.05, 3.63) is 35.6 Å². The van der Waals surface area contributed by atoms with Gasteiger partial charge in [0.15, 0.2) is 5.78 Å². The molecule has 0 aliphatic carbocycles. The van der Waals surface area contributed by atoms with E-state index < -0.39 is 11.9 Å². The van der Waals surface area contributed by atoms with Gasteiger partial charge in [0.1, 0.15) is 11.9 Å². The smallest absolute Gasteiger partial charge is 0.165 e. The Morgan fingerprint density at radius 1 is 1.47 bits per heavy atom. The third kappa shape index (κ3) is 3.44. The van der Waals surface area contributed by atoms with Crippen LogP contribution in [0.1, 0.15) is 25.3 Å². The zero-order valence-corrected chi connectivity index (χ0v) is 8.74. The zero-order valence-electron chi connectivity index (χ0n) is 8.74. The largest absolute Gasteiger partial charge is 0.385 e. The molecule has 1 N–H and O–H groups in total. The second-order valence-electron chi connectivity index (χ2n) is 3.54. The van der Waals surface area contributed by atoms with Crippen LogP contribution in [0.5, 0.6) is 0 Å². The predicted octanol–water partition coefficient (Wildman–Crippen LogP) is 2.10. The predicted molar refractivity (Wildman–Crippen MR) is 56.0 cm³/mol. The summed E-state index contributed by atoms with van der Waals surface area (Å²) in [6.45, 7) is 1.89. The Balaban J connectivity index is 2.62. The molecule has 1 unspecified atom stereocenters. The van der Waals surface area contributed by atoms with Crippen molar-refractivity contribution in [2.75, 3.05) is 0 Å². The molecule has 0 amide bonds. The Morgan fingerprint density at radius 3 is 2.73 bits per heavy atom. The van der Waals surface area contributed by atoms with Crippen LogP contribution in [-0.2, 0) is 11.2 Å². The number of hydrogen-bond acceptors (Lipinski definition) is 2. The lowest BCUT2D eigenvalue weighted by atomic mass is 10.0. The van der Waals surface area contributed by atoms with Gasteiger partial charge in [-0.2, -0.15) is 0 Å². The summed E-state index contributed by atoms with van der Waals surface area (Å²) < 4.78 is 13.2. The molecule has 0 heterocycles. The fourth-order valence-corrected chi connectivity index (χ4v) is 1.38. The first-order valence-electron chi connectivity index (χ1n) is 5.09. The lowest BCUT2D eigenvalue weighted by molar-refractivity contribution is -0.126. The van der Waals surface area contributed by atoms with Crippen molar-refractivity contribution < 1.29 is 14.3 Å². The summed E-state index contributed by atoms with van der Waals surface area (Å²) in [5, 5.41) is 9.40. The molecule has 0 saturated carbocycles. The van der Waals surface area contributed by atoms with Gasteiger partial charge in [-0.1, -0.05) is 31.5 Å². The van der Waals surface area contributed by atoms with Gasteiger partial charge in [0.25, 0.3) is 0 Å². The normalized spacial score (nSPS) is 12.5. The number of halogens is 1. The molecule has 0 radical (unpaired) electrons. The maximum atomic E-state index is 13.2. The number of rotatable bonds is 5. The molecule has 1 atom stereocenters. The van der Waals surface area contributed by atoms with Crippen LogP contribution >= 0.6 is 0 Å². The van der Waals surface area contributed by atoms with Gasteiger partial charge in [-0.05, 0) is 18.1 Å². The third-order valence-electron chi connectivity index (χ3n) is 2.26. The highest BCUT2D eigenvalue weighted by Gasteiger charge is 2.15. The molecule has 1 aromatic carbocycles. The fraction of sp³-hybridized carbons (Fsp3) is 0.417. The van der Waals surface area contributed by atoms with Crippen molar-refractivity contribution >= 4 is 5.78 Å². The standard InChI is InChI=1S/C12H15FO2/c1-2-5-11(14)12(15)8-9-6-3-4-7-10(9)13/h3-4,6-7,11,14H,2,5,8H2,1H3. The van der Waals surface area contributed by atoms with Gasteiger partial charge >= 0.3 is 0 Å². The number of carbonyl (C=O) groups excluding carboxylic acids is 1. The molecule has 82 valence electrons. The van der Waals surface area contributed by atoms with Crippen LogP contribution in [-0.4, -0.2) is 17.0 Å². The molecule has 0 fully saturated rings. The lowest BCUT2D eigenvalue weighted by Gasteiger charge is -2.08. The Hall–Kier alpha value is -1.22. The SMILES string of the molecule is CCCC(O)C(=O)Cc1ccccc1F. The minimum absolute atomic E-state index is 0.0339. The van der Waals surface area contributed by atoms with Crippen molar-refractivity contribution in [1.29, 1.82) is 0 Å². The van der Waals surface area contributed by atoms with E-state index in [0.717, 1.165) is 6.42 Å². The molecule has 15 heavy (non-hydrogen) atoms. The van der Waals surface area contributed by atoms with Crippen molar-refractivity contribution in [2.45, 2.75) is 32.3 Å². The van der Waals surface area contributed by atoms with Gasteiger partial charge < -0.3 is 5.11 Å². The Labute approximate surface area is 88.7 Å². The van der Waals surface area contributed by atoms with Gasteiger partial charge in [-0.3, -0.25) is 4.79 Å². The van der Waals surface area contributed by atoms with Gasteiger partial charge in [0.05, 0.1) is 0 Å². The first-order valence-corrected chi connectivity index (χ1v) is 5.09. The lowest BCUT2D eigenvalue weighted by Crippen LogP contribution is -2.22. The average molecular weight is 210 g/mol. The van der Waals surface area contributed by atoms with Crippen LogP contribution in [0.3, 0.4) is 0 Å². The van der Waals surface area contributed by atoms with Crippen molar-refractivity contribution in [2.24, 2.45) is 0 Å². The third-order valence-corrected chi connectivity index (χ3v) is 2.26. The van der Waals surface area contributed by atoms with Gasteiger partial charge in [-0.25, -0.2) is 4.39 Å². The van der Waals surface area contributed by atoms with Crippen LogP contribution < -0.4 is 0 Å². The van der Waals surface area contributed by atoms with Gasteiger partial charge in [0.2, 0.25) is 0 Å². The molecule has 3 heteroatoms. The highest BCUT2D eigenvalue weighted by Crippen LogP contribution is 2.09. The first kappa shape index (κ1) is 11.9. The number of aliphatic hydroxyl groups excluding tert-OH is 1. The fourth-order valence-electron chi connectivity index (χ4n) is 1.38. The van der Waals surface area contributed by atoms with Crippen molar-refractivity contribution in [3.8, 4) is 0 Å². The van der Waals surface area contributed by atoms with Crippen molar-refractivity contribution in [3.63, 3.8) is 0 Å². The molecule has 0 aliphatic heterocycles. The van der Waals surface area contributed by atoms with E-state index >= 15 is 0 Å². The second-order valence-corrected chi connectivity index (χ2v) is 3.54. The molecule has 0 aliphatic rings. The van der Waals surface area contributed by atoms with Crippen LogP contribution in [0.4, 0.5) is 4.39 Å². The summed E-state index contributed by atoms with van der Waals surface area (Å²) in [6.07, 6.45) is 0.181. The zero-order chi connectivity index (χ0) is 11.3. The van der Waals surface area contributed by atoms with Crippen LogP contribution in [0.15, 0.2) is 24.3 Å². The number of Topliss-reactive ketones (excluding diaryl/α,β-unsaturated/α-hetero) is 1. The molecule has 0 spiro atoms. The van der Waals surface area contributed by atoms with Crippen LogP contribution in [0.25, 0.3) is 0 Å². The van der Waals surface area contributed by atoms with Crippen LogP contribution in [0.2, 0.25) is 0 Å². The van der Waals surface area contributed by atoms with E-state index in [-0.39, 0.29) is 12.2 Å².